The molecule has 0 heterocycles. The van der Waals surface area contributed by atoms with Crippen molar-refractivity contribution in [3.05, 3.63) is 22.2 Å². The number of carbonyl (C=O) groups is 2. The Hall–Kier alpha value is -1.66. The van der Waals surface area contributed by atoms with Crippen molar-refractivity contribution < 1.29 is 19.4 Å². The van der Waals surface area contributed by atoms with Crippen LogP contribution in [0.15, 0.2) is 12.1 Å². The molecule has 0 atom stereocenters. The molecule has 1 aromatic rings. The van der Waals surface area contributed by atoms with Crippen LogP contribution in [0.5, 0.6) is 5.75 Å². The zero-order valence-electron chi connectivity index (χ0n) is 12.6. The second-order valence-corrected chi connectivity index (χ2v) is 6.27. The lowest BCUT2D eigenvalue weighted by molar-refractivity contribution is -0.142. The zero-order chi connectivity index (χ0) is 17.0. The summed E-state index contributed by atoms with van der Waals surface area (Å²) >= 11 is 11.9. The van der Waals surface area contributed by atoms with Gasteiger partial charge in [0.05, 0.1) is 28.8 Å². The summed E-state index contributed by atoms with van der Waals surface area (Å²) in [6.45, 7) is 0. The molecule has 2 rings (SSSR count). The van der Waals surface area contributed by atoms with Crippen molar-refractivity contribution in [1.29, 1.82) is 0 Å². The average molecular weight is 361 g/mol. The maximum absolute atomic E-state index is 12.1. The highest BCUT2D eigenvalue weighted by atomic mass is 35.5. The molecule has 0 bridgehead atoms. The Morgan fingerprint density at radius 1 is 1.17 bits per heavy atom. The first-order chi connectivity index (χ1) is 10.9. The number of benzene rings is 1. The lowest BCUT2D eigenvalue weighted by atomic mass is 9.86. The van der Waals surface area contributed by atoms with E-state index in [1.165, 1.54) is 19.2 Å². The molecule has 0 spiro atoms. The summed E-state index contributed by atoms with van der Waals surface area (Å²) in [7, 11) is 1.47. The number of carbonyl (C=O) groups excluding carboxylic acids is 1. The number of carboxylic acid groups (broad SMARTS) is 1. The summed E-state index contributed by atoms with van der Waals surface area (Å²) in [6.07, 6.45) is 2.42. The Labute approximate surface area is 144 Å². The van der Waals surface area contributed by atoms with Gasteiger partial charge in [-0.25, -0.2) is 4.79 Å². The number of carboxylic acids is 1. The molecule has 0 aromatic heterocycles. The maximum Gasteiger partial charge on any atom is 0.319 e. The van der Waals surface area contributed by atoms with Crippen LogP contribution in [-0.4, -0.2) is 30.3 Å². The summed E-state index contributed by atoms with van der Waals surface area (Å²) in [6, 6.07) is 2.61. The number of rotatable bonds is 4. The van der Waals surface area contributed by atoms with Gasteiger partial charge in [-0.15, -0.1) is 0 Å². The average Bonchev–Trinajstić information content (AvgIpc) is 2.51. The largest absolute Gasteiger partial charge is 0.495 e. The molecule has 8 heteroatoms. The van der Waals surface area contributed by atoms with Crippen molar-refractivity contribution >= 4 is 40.9 Å². The Bertz CT molecular complexity index is 601. The van der Waals surface area contributed by atoms with E-state index in [1.807, 2.05) is 0 Å². The van der Waals surface area contributed by atoms with Gasteiger partial charge in [-0.05, 0) is 31.7 Å². The molecule has 3 N–H and O–H groups in total. The number of nitrogens with one attached hydrogen (secondary N) is 2. The lowest BCUT2D eigenvalue weighted by Crippen LogP contribution is -2.41. The first-order valence-electron chi connectivity index (χ1n) is 7.24. The van der Waals surface area contributed by atoms with Crippen LogP contribution in [0.2, 0.25) is 10.0 Å². The van der Waals surface area contributed by atoms with Crippen LogP contribution in [0.4, 0.5) is 10.5 Å². The summed E-state index contributed by atoms with van der Waals surface area (Å²) in [5, 5.41) is 15.1. The maximum atomic E-state index is 12.1. The molecule has 0 unspecified atom stereocenters. The molecule has 1 fully saturated rings. The van der Waals surface area contributed by atoms with Crippen LogP contribution in [-0.2, 0) is 4.79 Å². The minimum Gasteiger partial charge on any atom is -0.495 e. The molecule has 1 saturated carbocycles. The third-order valence-electron chi connectivity index (χ3n) is 3.90. The summed E-state index contributed by atoms with van der Waals surface area (Å²) in [4.78, 5) is 23.0. The molecular formula is C15H18Cl2N2O4. The van der Waals surface area contributed by atoms with Crippen LogP contribution in [0.1, 0.15) is 25.7 Å². The minimum atomic E-state index is -0.770. The van der Waals surface area contributed by atoms with Gasteiger partial charge in [-0.2, -0.15) is 0 Å². The number of ether oxygens (including phenoxy) is 1. The molecule has 126 valence electrons. The number of hydrogen-bond donors (Lipinski definition) is 3. The second-order valence-electron chi connectivity index (χ2n) is 5.45. The number of urea groups is 1. The number of anilines is 1. The fourth-order valence-corrected chi connectivity index (χ4v) is 2.94. The highest BCUT2D eigenvalue weighted by Crippen LogP contribution is 2.34. The smallest absolute Gasteiger partial charge is 0.319 e. The third kappa shape index (κ3) is 4.65. The van der Waals surface area contributed by atoms with Gasteiger partial charge in [0.2, 0.25) is 0 Å². The van der Waals surface area contributed by atoms with Gasteiger partial charge in [-0.3, -0.25) is 4.79 Å². The van der Waals surface area contributed by atoms with Crippen molar-refractivity contribution in [1.82, 2.24) is 5.32 Å². The second kappa shape index (κ2) is 7.75. The van der Waals surface area contributed by atoms with E-state index in [0.717, 1.165) is 0 Å². The molecule has 23 heavy (non-hydrogen) atoms. The highest BCUT2D eigenvalue weighted by molar-refractivity contribution is 6.42. The highest BCUT2D eigenvalue weighted by Gasteiger charge is 2.26. The molecule has 1 aliphatic rings. The van der Waals surface area contributed by atoms with Crippen molar-refractivity contribution in [2.75, 3.05) is 12.4 Å². The quantitative estimate of drug-likeness (QED) is 0.762. The van der Waals surface area contributed by atoms with E-state index >= 15 is 0 Å². The number of aliphatic carboxylic acids is 1. The van der Waals surface area contributed by atoms with Gasteiger partial charge < -0.3 is 20.5 Å². The molecule has 0 saturated heterocycles. The van der Waals surface area contributed by atoms with Crippen LogP contribution in [0.3, 0.4) is 0 Å². The Balaban J connectivity index is 1.93. The van der Waals surface area contributed by atoms with E-state index in [4.69, 9.17) is 33.0 Å². The fraction of sp³-hybridized carbons (Fsp3) is 0.467. The van der Waals surface area contributed by atoms with Crippen LogP contribution < -0.4 is 15.4 Å². The van der Waals surface area contributed by atoms with Gasteiger partial charge in [0.1, 0.15) is 5.75 Å². The van der Waals surface area contributed by atoms with E-state index in [-0.39, 0.29) is 18.0 Å². The van der Waals surface area contributed by atoms with Crippen molar-refractivity contribution in [3.63, 3.8) is 0 Å². The van der Waals surface area contributed by atoms with Gasteiger partial charge in [0.15, 0.2) is 0 Å². The molecule has 1 aliphatic carbocycles. The van der Waals surface area contributed by atoms with E-state index in [9.17, 15) is 9.59 Å². The van der Waals surface area contributed by atoms with Crippen molar-refractivity contribution in [2.24, 2.45) is 5.92 Å². The minimum absolute atomic E-state index is 0.0423. The molecule has 0 aliphatic heterocycles. The predicted octanol–water partition coefficient (Wildman–Crippen LogP) is 3.77. The topological polar surface area (TPSA) is 87.7 Å². The number of hydrogen-bond acceptors (Lipinski definition) is 3. The third-order valence-corrected chi connectivity index (χ3v) is 4.62. The summed E-state index contributed by atoms with van der Waals surface area (Å²) in [5.74, 6) is -0.677. The fourth-order valence-electron chi connectivity index (χ4n) is 2.62. The number of halogens is 2. The van der Waals surface area contributed by atoms with Gasteiger partial charge in [-0.1, -0.05) is 23.2 Å². The van der Waals surface area contributed by atoms with E-state index in [2.05, 4.69) is 10.6 Å². The molecule has 1 aromatic carbocycles. The van der Waals surface area contributed by atoms with E-state index in [0.29, 0.717) is 47.2 Å². The van der Waals surface area contributed by atoms with Crippen molar-refractivity contribution in [3.8, 4) is 5.75 Å². The first kappa shape index (κ1) is 17.7. The Kier molecular flexibility index (Phi) is 5.96. The number of methoxy groups -OCH3 is 1. The van der Waals surface area contributed by atoms with Gasteiger partial charge in [0.25, 0.3) is 0 Å². The van der Waals surface area contributed by atoms with Crippen LogP contribution in [0.25, 0.3) is 0 Å². The Morgan fingerprint density at radius 2 is 1.78 bits per heavy atom. The predicted molar refractivity (Wildman–Crippen MR) is 88.6 cm³/mol. The van der Waals surface area contributed by atoms with E-state index < -0.39 is 5.97 Å². The monoisotopic (exact) mass is 360 g/mol. The van der Waals surface area contributed by atoms with Crippen LogP contribution >= 0.6 is 23.2 Å². The van der Waals surface area contributed by atoms with Gasteiger partial charge >= 0.3 is 12.0 Å². The SMILES string of the molecule is COc1cc(Cl)c(Cl)cc1NC(=O)NC1CCC(C(=O)O)CC1. The molecular weight excluding hydrogens is 343 g/mol. The normalized spacial score (nSPS) is 20.7. The number of amides is 2. The Morgan fingerprint density at radius 3 is 2.35 bits per heavy atom. The lowest BCUT2D eigenvalue weighted by Gasteiger charge is -2.27. The van der Waals surface area contributed by atoms with E-state index in [1.54, 1.807) is 0 Å². The summed E-state index contributed by atoms with van der Waals surface area (Å²) in [5.41, 5.74) is 0.415. The van der Waals surface area contributed by atoms with Crippen molar-refractivity contribution in [2.45, 2.75) is 31.7 Å². The zero-order valence-corrected chi connectivity index (χ0v) is 14.1. The molecule has 6 nitrogen and oxygen atoms in total. The molecule has 2 amide bonds. The first-order valence-corrected chi connectivity index (χ1v) is 7.99. The summed E-state index contributed by atoms with van der Waals surface area (Å²) < 4.78 is 5.16. The van der Waals surface area contributed by atoms with Crippen LogP contribution in [0, 0.1) is 5.92 Å². The molecule has 0 radical (unpaired) electrons. The van der Waals surface area contributed by atoms with Gasteiger partial charge in [0, 0.05) is 12.1 Å². The standard InChI is InChI=1S/C15H18Cl2N2O4/c1-23-13-7-11(17)10(16)6-12(13)19-15(22)18-9-4-2-8(3-5-9)14(20)21/h6-9H,2-5H2,1H3,(H,20,21)(H2,18,19,22).